The number of carboxylic acid groups (broad SMARTS) is 1. The molecule has 0 unspecified atom stereocenters. The van der Waals surface area contributed by atoms with Gasteiger partial charge in [0.2, 0.25) is 5.88 Å². The second-order valence-corrected chi connectivity index (χ2v) is 4.88. The van der Waals surface area contributed by atoms with Crippen LogP contribution in [-0.2, 0) is 10.2 Å². The van der Waals surface area contributed by atoms with Crippen molar-refractivity contribution in [3.05, 3.63) is 23.9 Å². The van der Waals surface area contributed by atoms with E-state index in [2.05, 4.69) is 4.98 Å². The lowest BCUT2D eigenvalue weighted by atomic mass is 9.97. The van der Waals surface area contributed by atoms with E-state index >= 15 is 0 Å². The number of carbonyl (C=O) groups is 1. The maximum Gasteiger partial charge on any atom is 0.304 e. The first-order valence-corrected chi connectivity index (χ1v) is 5.88. The molecular formula is C13H17NO3. The fourth-order valence-electron chi connectivity index (χ4n) is 1.98. The van der Waals surface area contributed by atoms with Crippen LogP contribution in [-0.4, -0.2) is 22.2 Å². The molecule has 1 N–H and O–H groups in total. The third-order valence-corrected chi connectivity index (χ3v) is 2.97. The first-order chi connectivity index (χ1) is 8.02. The molecule has 0 bridgehead atoms. The van der Waals surface area contributed by atoms with E-state index in [0.29, 0.717) is 5.88 Å². The summed E-state index contributed by atoms with van der Waals surface area (Å²) in [4.78, 5) is 15.2. The fraction of sp³-hybridized carbons (Fsp3) is 0.538. The summed E-state index contributed by atoms with van der Waals surface area (Å²) >= 11 is 0. The van der Waals surface area contributed by atoms with Crippen molar-refractivity contribution in [1.29, 1.82) is 0 Å². The highest BCUT2D eigenvalue weighted by molar-refractivity contribution is 5.69. The Labute approximate surface area is 101 Å². The lowest BCUT2D eigenvalue weighted by molar-refractivity contribution is -0.137. The third kappa shape index (κ3) is 2.75. The molecule has 0 radical (unpaired) electrons. The molecule has 4 nitrogen and oxygen atoms in total. The molecule has 0 spiro atoms. The molecular weight excluding hydrogens is 218 g/mol. The van der Waals surface area contributed by atoms with Gasteiger partial charge in [0, 0.05) is 11.5 Å². The second kappa shape index (κ2) is 4.35. The molecule has 92 valence electrons. The number of hydrogen-bond donors (Lipinski definition) is 1. The minimum atomic E-state index is -0.764. The van der Waals surface area contributed by atoms with Crippen molar-refractivity contribution in [2.75, 3.05) is 0 Å². The molecule has 1 aliphatic carbocycles. The number of nitrogens with zero attached hydrogens (tertiary/aromatic N) is 1. The molecule has 1 aromatic heterocycles. The molecule has 0 saturated heterocycles. The van der Waals surface area contributed by atoms with Crippen LogP contribution < -0.4 is 4.74 Å². The lowest BCUT2D eigenvalue weighted by Gasteiger charge is -2.14. The summed E-state index contributed by atoms with van der Waals surface area (Å²) in [6.45, 7) is 3.89. The predicted molar refractivity (Wildman–Crippen MR) is 63.2 cm³/mol. The SMILES string of the molecule is CC(C)Oc1cccc(C2(CC(=O)O)CC2)n1. The van der Waals surface area contributed by atoms with Gasteiger partial charge in [0.15, 0.2) is 0 Å². The standard InChI is InChI=1S/C13H17NO3/c1-9(2)17-11-5-3-4-10(14-11)13(6-7-13)8-12(15)16/h3-5,9H,6-8H2,1-2H3,(H,15,16). The second-order valence-electron chi connectivity index (χ2n) is 4.88. The molecule has 17 heavy (non-hydrogen) atoms. The van der Waals surface area contributed by atoms with Crippen molar-refractivity contribution in [2.45, 2.75) is 44.6 Å². The molecule has 1 aliphatic rings. The first kappa shape index (κ1) is 11.9. The highest BCUT2D eigenvalue weighted by Gasteiger charge is 2.47. The maximum atomic E-state index is 10.8. The van der Waals surface area contributed by atoms with E-state index in [1.54, 1.807) is 6.07 Å². The van der Waals surface area contributed by atoms with Gasteiger partial charge in [-0.05, 0) is 32.8 Å². The highest BCUT2D eigenvalue weighted by Crippen LogP contribution is 2.50. The Morgan fingerprint density at radius 3 is 2.76 bits per heavy atom. The Morgan fingerprint density at radius 1 is 1.53 bits per heavy atom. The number of pyridine rings is 1. The molecule has 0 atom stereocenters. The van der Waals surface area contributed by atoms with Crippen molar-refractivity contribution < 1.29 is 14.6 Å². The molecule has 1 saturated carbocycles. The van der Waals surface area contributed by atoms with Crippen molar-refractivity contribution >= 4 is 5.97 Å². The predicted octanol–water partition coefficient (Wildman–Crippen LogP) is 2.38. The van der Waals surface area contributed by atoms with E-state index in [-0.39, 0.29) is 17.9 Å². The lowest BCUT2D eigenvalue weighted by Crippen LogP contribution is -2.15. The number of hydrogen-bond acceptors (Lipinski definition) is 3. The Kier molecular flexibility index (Phi) is 3.05. The van der Waals surface area contributed by atoms with E-state index in [1.807, 2.05) is 26.0 Å². The zero-order valence-corrected chi connectivity index (χ0v) is 10.1. The van der Waals surface area contributed by atoms with Crippen LogP contribution in [0.15, 0.2) is 18.2 Å². The van der Waals surface area contributed by atoms with Crippen molar-refractivity contribution in [1.82, 2.24) is 4.98 Å². The maximum absolute atomic E-state index is 10.8. The number of aliphatic carboxylic acids is 1. The zero-order chi connectivity index (χ0) is 12.5. The van der Waals surface area contributed by atoms with Crippen LogP contribution in [0.1, 0.15) is 38.8 Å². The van der Waals surface area contributed by atoms with Gasteiger partial charge in [0.1, 0.15) is 0 Å². The molecule has 0 aliphatic heterocycles. The molecule has 2 rings (SSSR count). The minimum Gasteiger partial charge on any atom is -0.481 e. The van der Waals surface area contributed by atoms with E-state index in [1.165, 1.54) is 0 Å². The van der Waals surface area contributed by atoms with Crippen LogP contribution in [0.2, 0.25) is 0 Å². The average Bonchev–Trinajstić information content (AvgIpc) is 2.97. The highest BCUT2D eigenvalue weighted by atomic mass is 16.5. The smallest absolute Gasteiger partial charge is 0.304 e. The Morgan fingerprint density at radius 2 is 2.24 bits per heavy atom. The van der Waals surface area contributed by atoms with Crippen LogP contribution in [0.5, 0.6) is 5.88 Å². The summed E-state index contributed by atoms with van der Waals surface area (Å²) in [6, 6.07) is 5.57. The van der Waals surface area contributed by atoms with Crippen molar-refractivity contribution in [2.24, 2.45) is 0 Å². The summed E-state index contributed by atoms with van der Waals surface area (Å²) in [7, 11) is 0. The fourth-order valence-corrected chi connectivity index (χ4v) is 1.98. The average molecular weight is 235 g/mol. The van der Waals surface area contributed by atoms with Crippen molar-refractivity contribution in [3.8, 4) is 5.88 Å². The first-order valence-electron chi connectivity index (χ1n) is 5.88. The van der Waals surface area contributed by atoms with Gasteiger partial charge in [0.05, 0.1) is 18.2 Å². The minimum absolute atomic E-state index is 0.0763. The van der Waals surface area contributed by atoms with Crippen LogP contribution in [0.3, 0.4) is 0 Å². The Balaban J connectivity index is 2.18. The van der Waals surface area contributed by atoms with Crippen LogP contribution >= 0.6 is 0 Å². The zero-order valence-electron chi connectivity index (χ0n) is 10.1. The number of rotatable bonds is 5. The van der Waals surface area contributed by atoms with E-state index in [4.69, 9.17) is 9.84 Å². The van der Waals surface area contributed by atoms with Gasteiger partial charge in [-0.25, -0.2) is 4.98 Å². The van der Waals surface area contributed by atoms with Gasteiger partial charge in [-0.3, -0.25) is 4.79 Å². The van der Waals surface area contributed by atoms with Gasteiger partial charge < -0.3 is 9.84 Å². The Hall–Kier alpha value is -1.58. The normalized spacial score (nSPS) is 16.9. The summed E-state index contributed by atoms with van der Waals surface area (Å²) in [5, 5.41) is 8.91. The van der Waals surface area contributed by atoms with Gasteiger partial charge in [-0.1, -0.05) is 6.07 Å². The van der Waals surface area contributed by atoms with Gasteiger partial charge in [0.25, 0.3) is 0 Å². The van der Waals surface area contributed by atoms with Gasteiger partial charge in [-0.15, -0.1) is 0 Å². The number of aromatic nitrogens is 1. The van der Waals surface area contributed by atoms with E-state index < -0.39 is 5.97 Å². The third-order valence-electron chi connectivity index (χ3n) is 2.97. The van der Waals surface area contributed by atoms with Crippen molar-refractivity contribution in [3.63, 3.8) is 0 Å². The van der Waals surface area contributed by atoms with Crippen LogP contribution in [0.25, 0.3) is 0 Å². The Bertz CT molecular complexity index is 424. The molecule has 4 heteroatoms. The molecule has 1 fully saturated rings. The molecule has 1 aromatic rings. The quantitative estimate of drug-likeness (QED) is 0.851. The number of carboxylic acids is 1. The summed E-state index contributed by atoms with van der Waals surface area (Å²) < 4.78 is 5.52. The molecule has 1 heterocycles. The topological polar surface area (TPSA) is 59.4 Å². The van der Waals surface area contributed by atoms with Gasteiger partial charge >= 0.3 is 5.97 Å². The molecule has 0 aromatic carbocycles. The molecule has 0 amide bonds. The number of ether oxygens (including phenoxy) is 1. The van der Waals surface area contributed by atoms with Gasteiger partial charge in [-0.2, -0.15) is 0 Å². The summed E-state index contributed by atoms with van der Waals surface area (Å²) in [5.74, 6) is -0.186. The van der Waals surface area contributed by atoms with E-state index in [0.717, 1.165) is 18.5 Å². The summed E-state index contributed by atoms with van der Waals surface area (Å²) in [5.41, 5.74) is 0.598. The van der Waals surface area contributed by atoms with Crippen LogP contribution in [0.4, 0.5) is 0 Å². The van der Waals surface area contributed by atoms with E-state index in [9.17, 15) is 4.79 Å². The largest absolute Gasteiger partial charge is 0.481 e. The van der Waals surface area contributed by atoms with Crippen LogP contribution in [0, 0.1) is 0 Å². The summed E-state index contributed by atoms with van der Waals surface area (Å²) in [6.07, 6.45) is 2.03. The monoisotopic (exact) mass is 235 g/mol.